The molecule has 0 fully saturated rings. The van der Waals surface area contributed by atoms with Crippen LogP contribution in [0.4, 0.5) is 0 Å². The Morgan fingerprint density at radius 3 is 2.31 bits per heavy atom. The second-order valence-electron chi connectivity index (χ2n) is 4.17. The molecule has 16 heavy (non-hydrogen) atoms. The van der Waals surface area contributed by atoms with Crippen LogP contribution in [0, 0.1) is 0 Å². The average molecular weight is 232 g/mol. The van der Waals surface area contributed by atoms with Crippen LogP contribution in [-0.2, 0) is 14.3 Å². The number of hydrogen-bond donors (Lipinski definition) is 2. The monoisotopic (exact) mass is 232 g/mol. The highest BCUT2D eigenvalue weighted by molar-refractivity contribution is 5.83. The summed E-state index contributed by atoms with van der Waals surface area (Å²) in [5, 5.41) is 11.8. The van der Waals surface area contributed by atoms with Gasteiger partial charge in [0.2, 0.25) is 5.91 Å². The van der Waals surface area contributed by atoms with Gasteiger partial charge >= 0.3 is 5.97 Å². The summed E-state index contributed by atoms with van der Waals surface area (Å²) < 4.78 is 4.84. The molecule has 0 aliphatic rings. The van der Waals surface area contributed by atoms with Crippen molar-refractivity contribution < 1.29 is 19.4 Å². The third-order valence-electron chi connectivity index (χ3n) is 2.25. The molecule has 0 saturated heterocycles. The van der Waals surface area contributed by atoms with Crippen LogP contribution in [-0.4, -0.2) is 61.3 Å². The second-order valence-corrected chi connectivity index (χ2v) is 4.17. The molecule has 0 aliphatic heterocycles. The molecule has 0 radical (unpaired) electrons. The lowest BCUT2D eigenvalue weighted by Crippen LogP contribution is -2.59. The molecule has 0 aromatic carbocycles. The van der Waals surface area contributed by atoms with E-state index in [4.69, 9.17) is 9.84 Å². The van der Waals surface area contributed by atoms with Gasteiger partial charge in [-0.05, 0) is 13.8 Å². The summed E-state index contributed by atoms with van der Waals surface area (Å²) in [6.07, 6.45) is 0. The van der Waals surface area contributed by atoms with Crippen molar-refractivity contribution in [2.24, 2.45) is 0 Å². The van der Waals surface area contributed by atoms with E-state index in [0.29, 0.717) is 0 Å². The molecule has 0 aromatic rings. The fourth-order valence-electron chi connectivity index (χ4n) is 1.38. The predicted molar refractivity (Wildman–Crippen MR) is 59.2 cm³/mol. The molecular formula is C10H20N2O4. The highest BCUT2D eigenvalue weighted by atomic mass is 16.5. The summed E-state index contributed by atoms with van der Waals surface area (Å²) in [5.74, 6) is -1.23. The Kier molecular flexibility index (Phi) is 5.40. The fourth-order valence-corrected chi connectivity index (χ4v) is 1.38. The van der Waals surface area contributed by atoms with E-state index in [1.165, 1.54) is 18.9 Å². The number of methoxy groups -OCH3 is 1. The molecule has 0 aromatic heterocycles. The van der Waals surface area contributed by atoms with Crippen LogP contribution in [0.5, 0.6) is 0 Å². The van der Waals surface area contributed by atoms with E-state index in [9.17, 15) is 9.59 Å². The number of nitrogens with zero attached hydrogens (tertiary/aromatic N) is 1. The zero-order valence-electron chi connectivity index (χ0n) is 10.4. The number of amides is 1. The molecule has 0 saturated carbocycles. The van der Waals surface area contributed by atoms with Gasteiger partial charge in [-0.2, -0.15) is 0 Å². The molecule has 1 amide bonds. The normalized spacial score (nSPS) is 16.3. The third kappa shape index (κ3) is 3.79. The van der Waals surface area contributed by atoms with E-state index in [1.54, 1.807) is 21.0 Å². The molecule has 6 heteroatoms. The van der Waals surface area contributed by atoms with Crippen LogP contribution < -0.4 is 5.32 Å². The lowest BCUT2D eigenvalue weighted by molar-refractivity contribution is -0.147. The summed E-state index contributed by atoms with van der Waals surface area (Å²) in [6.45, 7) is 3.10. The van der Waals surface area contributed by atoms with Crippen LogP contribution in [0.2, 0.25) is 0 Å². The maximum atomic E-state index is 11.6. The lowest BCUT2D eigenvalue weighted by Gasteiger charge is -2.29. The molecule has 0 aliphatic carbocycles. The van der Waals surface area contributed by atoms with Gasteiger partial charge in [-0.3, -0.25) is 14.9 Å². The molecule has 0 bridgehead atoms. The molecule has 0 heterocycles. The first-order valence-electron chi connectivity index (χ1n) is 4.96. The zero-order valence-corrected chi connectivity index (χ0v) is 10.4. The number of ether oxygens (including phenoxy) is 1. The highest BCUT2D eigenvalue weighted by Gasteiger charge is 2.36. The van der Waals surface area contributed by atoms with Crippen LogP contribution >= 0.6 is 0 Å². The van der Waals surface area contributed by atoms with Crippen LogP contribution in [0.25, 0.3) is 0 Å². The molecule has 2 atom stereocenters. The first kappa shape index (κ1) is 14.9. The third-order valence-corrected chi connectivity index (χ3v) is 2.25. The van der Waals surface area contributed by atoms with E-state index < -0.39 is 17.6 Å². The molecule has 2 unspecified atom stereocenters. The van der Waals surface area contributed by atoms with Gasteiger partial charge < -0.3 is 14.7 Å². The Morgan fingerprint density at radius 1 is 1.50 bits per heavy atom. The number of nitrogens with one attached hydrogen (secondary N) is 1. The van der Waals surface area contributed by atoms with E-state index in [0.717, 1.165) is 0 Å². The van der Waals surface area contributed by atoms with Crippen molar-refractivity contribution in [2.45, 2.75) is 25.4 Å². The van der Waals surface area contributed by atoms with Crippen molar-refractivity contribution in [2.75, 3.05) is 27.8 Å². The molecule has 0 spiro atoms. The van der Waals surface area contributed by atoms with Gasteiger partial charge in [-0.25, -0.2) is 0 Å². The van der Waals surface area contributed by atoms with Gasteiger partial charge in [0.15, 0.2) is 0 Å². The number of aliphatic carboxylic acids is 1. The number of likely N-dealkylation sites (N-methyl/N-ethyl adjacent to an activating group) is 1. The minimum Gasteiger partial charge on any atom is -0.480 e. The van der Waals surface area contributed by atoms with Crippen LogP contribution in [0.15, 0.2) is 0 Å². The molecule has 0 rings (SSSR count). The minimum atomic E-state index is -1.26. The van der Waals surface area contributed by atoms with Gasteiger partial charge in [-0.15, -0.1) is 0 Å². The zero-order chi connectivity index (χ0) is 12.9. The van der Waals surface area contributed by atoms with Gasteiger partial charge in [0.25, 0.3) is 0 Å². The summed E-state index contributed by atoms with van der Waals surface area (Å²) in [7, 11) is 4.66. The second kappa shape index (κ2) is 5.81. The van der Waals surface area contributed by atoms with Crippen molar-refractivity contribution in [3.05, 3.63) is 0 Å². The molecule has 6 nitrogen and oxygen atoms in total. The Labute approximate surface area is 95.6 Å². The summed E-state index contributed by atoms with van der Waals surface area (Å²) >= 11 is 0. The highest BCUT2D eigenvalue weighted by Crippen LogP contribution is 2.07. The van der Waals surface area contributed by atoms with Gasteiger partial charge in [0.05, 0.1) is 12.6 Å². The Balaban J connectivity index is 4.64. The standard InChI is InChI=1S/C10H20N2O4/c1-7(8(13)12(3)4)11-10(2,6-16-5)9(14)15/h7,11H,6H2,1-5H3,(H,14,15). The first-order chi connectivity index (χ1) is 7.24. The van der Waals surface area contributed by atoms with Crippen molar-refractivity contribution in [3.63, 3.8) is 0 Å². The topological polar surface area (TPSA) is 78.9 Å². The fraction of sp³-hybridized carbons (Fsp3) is 0.800. The maximum Gasteiger partial charge on any atom is 0.326 e. The summed E-state index contributed by atoms with van der Waals surface area (Å²) in [5.41, 5.74) is -1.26. The van der Waals surface area contributed by atoms with E-state index in [2.05, 4.69) is 5.32 Å². The van der Waals surface area contributed by atoms with Crippen LogP contribution in [0.1, 0.15) is 13.8 Å². The van der Waals surface area contributed by atoms with Crippen molar-refractivity contribution >= 4 is 11.9 Å². The molecule has 94 valence electrons. The summed E-state index contributed by atoms with van der Waals surface area (Å²) in [4.78, 5) is 24.1. The first-order valence-corrected chi connectivity index (χ1v) is 4.96. The van der Waals surface area contributed by atoms with Crippen molar-refractivity contribution in [1.82, 2.24) is 10.2 Å². The molecular weight excluding hydrogens is 212 g/mol. The van der Waals surface area contributed by atoms with Crippen molar-refractivity contribution in [3.8, 4) is 0 Å². The Hall–Kier alpha value is -1.14. The number of carbonyl (C=O) groups excluding carboxylic acids is 1. The van der Waals surface area contributed by atoms with Crippen LogP contribution in [0.3, 0.4) is 0 Å². The number of rotatable bonds is 6. The predicted octanol–water partition coefficient (Wildman–Crippen LogP) is -0.458. The van der Waals surface area contributed by atoms with E-state index >= 15 is 0 Å². The quantitative estimate of drug-likeness (QED) is 0.648. The van der Waals surface area contributed by atoms with E-state index in [1.807, 2.05) is 0 Å². The maximum absolute atomic E-state index is 11.6. The number of carboxylic acids is 1. The largest absolute Gasteiger partial charge is 0.480 e. The van der Waals surface area contributed by atoms with E-state index in [-0.39, 0.29) is 12.5 Å². The van der Waals surface area contributed by atoms with Gasteiger partial charge in [-0.1, -0.05) is 0 Å². The van der Waals surface area contributed by atoms with Crippen molar-refractivity contribution in [1.29, 1.82) is 0 Å². The minimum absolute atomic E-state index is 0.00657. The lowest BCUT2D eigenvalue weighted by atomic mass is 10.0. The number of carboxylic acid groups (broad SMARTS) is 1. The average Bonchev–Trinajstić information content (AvgIpc) is 2.16. The summed E-state index contributed by atoms with van der Waals surface area (Å²) in [6, 6.07) is -0.578. The Bertz CT molecular complexity index is 268. The Morgan fingerprint density at radius 2 is 2.00 bits per heavy atom. The number of carbonyl (C=O) groups is 2. The SMILES string of the molecule is COCC(C)(NC(C)C(=O)N(C)C)C(=O)O. The number of hydrogen-bond acceptors (Lipinski definition) is 4. The van der Waals surface area contributed by atoms with Gasteiger partial charge in [0, 0.05) is 21.2 Å². The molecule has 2 N–H and O–H groups in total. The van der Waals surface area contributed by atoms with Gasteiger partial charge in [0.1, 0.15) is 5.54 Å². The smallest absolute Gasteiger partial charge is 0.326 e.